The number of halogens is 3. The van der Waals surface area contributed by atoms with Gasteiger partial charge in [-0.3, -0.25) is 9.69 Å². The van der Waals surface area contributed by atoms with E-state index in [1.807, 2.05) is 4.90 Å². The molecule has 2 aliphatic rings. The molecule has 10 heteroatoms. The fraction of sp³-hybridized carbons (Fsp3) is 0.400. The molecule has 1 fully saturated rings. The largest absolute Gasteiger partial charge is 0.490 e. The van der Waals surface area contributed by atoms with Crippen LogP contribution < -0.4 is 19.6 Å². The second-order valence-corrected chi connectivity index (χ2v) is 8.41. The number of ether oxygens (including phenoxy) is 4. The second kappa shape index (κ2) is 9.43. The molecule has 1 aromatic heterocycles. The summed E-state index contributed by atoms with van der Waals surface area (Å²) in [4.78, 5) is 15.2. The molecule has 0 aliphatic carbocycles. The minimum absolute atomic E-state index is 0.0180. The van der Waals surface area contributed by atoms with Crippen molar-refractivity contribution in [3.63, 3.8) is 0 Å². The van der Waals surface area contributed by atoms with E-state index in [2.05, 4.69) is 0 Å². The van der Waals surface area contributed by atoms with E-state index in [1.165, 1.54) is 12.1 Å². The van der Waals surface area contributed by atoms with Gasteiger partial charge in [-0.2, -0.15) is 13.2 Å². The molecule has 5 rings (SSSR count). The molecular weight excluding hydrogens is 467 g/mol. The highest BCUT2D eigenvalue weighted by Crippen LogP contribution is 2.42. The molecule has 0 saturated carbocycles. The average molecular weight is 491 g/mol. The zero-order chi connectivity index (χ0) is 24.6. The van der Waals surface area contributed by atoms with Gasteiger partial charge in [0.2, 0.25) is 11.2 Å². The molecule has 0 bridgehead atoms. The summed E-state index contributed by atoms with van der Waals surface area (Å²) in [6.07, 6.45) is -3.05. The summed E-state index contributed by atoms with van der Waals surface area (Å²) >= 11 is 0. The van der Waals surface area contributed by atoms with Crippen molar-refractivity contribution in [3.8, 4) is 23.0 Å². The first-order valence-electron chi connectivity index (χ1n) is 11.4. The molecule has 2 aromatic carbocycles. The summed E-state index contributed by atoms with van der Waals surface area (Å²) in [5.74, 6) is -1.87. The van der Waals surface area contributed by atoms with Gasteiger partial charge in [0.1, 0.15) is 18.1 Å². The maximum atomic E-state index is 14.1. The van der Waals surface area contributed by atoms with Crippen molar-refractivity contribution < 1.29 is 36.5 Å². The molecule has 1 atom stereocenters. The van der Waals surface area contributed by atoms with E-state index in [9.17, 15) is 18.0 Å². The van der Waals surface area contributed by atoms with Gasteiger partial charge in [-0.05, 0) is 44.0 Å². The number of rotatable bonds is 6. The average Bonchev–Trinajstić information content (AvgIpc) is 3.34. The van der Waals surface area contributed by atoms with Gasteiger partial charge in [-0.1, -0.05) is 12.1 Å². The van der Waals surface area contributed by atoms with Crippen LogP contribution in [0.1, 0.15) is 31.1 Å². The Morgan fingerprint density at radius 3 is 2.66 bits per heavy atom. The summed E-state index contributed by atoms with van der Waals surface area (Å²) in [5.41, 5.74) is -0.707. The predicted molar refractivity (Wildman–Crippen MR) is 120 cm³/mol. The molecule has 2 aliphatic heterocycles. The Balaban J connectivity index is 1.59. The molecule has 0 radical (unpaired) electrons. The van der Waals surface area contributed by atoms with E-state index >= 15 is 0 Å². The lowest BCUT2D eigenvalue weighted by molar-refractivity contribution is -0.154. The lowest BCUT2D eigenvalue weighted by Crippen LogP contribution is -2.37. The summed E-state index contributed by atoms with van der Waals surface area (Å²) in [5, 5.41) is -0.0248. The monoisotopic (exact) mass is 491 g/mol. The van der Waals surface area contributed by atoms with Crippen LogP contribution in [0.15, 0.2) is 45.6 Å². The zero-order valence-electron chi connectivity index (χ0n) is 19.0. The van der Waals surface area contributed by atoms with Gasteiger partial charge < -0.3 is 23.4 Å². The van der Waals surface area contributed by atoms with E-state index in [-0.39, 0.29) is 48.5 Å². The molecule has 186 valence electrons. The van der Waals surface area contributed by atoms with Gasteiger partial charge in [0.15, 0.2) is 11.5 Å². The molecule has 7 nitrogen and oxygen atoms in total. The molecule has 3 aromatic rings. The molecule has 0 amide bonds. The number of para-hydroxylation sites is 2. The van der Waals surface area contributed by atoms with E-state index < -0.39 is 23.1 Å². The molecular formula is C25H24F3NO6. The maximum absolute atomic E-state index is 14.1. The SMILES string of the molecule is CCOc1ccccc1Oc1c(C(F)(F)F)oc2c3c(ccc2c1=O)OCN(CC1CCCO1)C3. The Bertz CT molecular complexity index is 1280. The summed E-state index contributed by atoms with van der Waals surface area (Å²) in [7, 11) is 0. The molecule has 1 saturated heterocycles. The number of benzene rings is 2. The van der Waals surface area contributed by atoms with Gasteiger partial charge in [-0.15, -0.1) is 0 Å². The second-order valence-electron chi connectivity index (χ2n) is 8.41. The van der Waals surface area contributed by atoms with Crippen LogP contribution in [0.3, 0.4) is 0 Å². The summed E-state index contributed by atoms with van der Waals surface area (Å²) in [6, 6.07) is 9.17. The standard InChI is InChI=1S/C25H24F3NO6/c1-2-31-19-7-3-4-8-20(19)34-23-21(30)16-9-10-18-17(22(16)35-24(23)25(26,27)28)13-29(14-33-18)12-15-6-5-11-32-15/h3-4,7-10,15H,2,5-6,11-14H2,1H3. The third-order valence-electron chi connectivity index (χ3n) is 5.97. The Kier molecular flexibility index (Phi) is 6.33. The number of hydrogen-bond acceptors (Lipinski definition) is 7. The lowest BCUT2D eigenvalue weighted by Gasteiger charge is -2.30. The normalized spacial score (nSPS) is 18.3. The minimum Gasteiger partial charge on any atom is -0.490 e. The van der Waals surface area contributed by atoms with Crippen LogP contribution in [0.5, 0.6) is 23.0 Å². The van der Waals surface area contributed by atoms with Crippen molar-refractivity contribution in [2.24, 2.45) is 0 Å². The zero-order valence-corrected chi connectivity index (χ0v) is 19.0. The Morgan fingerprint density at radius 1 is 1.14 bits per heavy atom. The van der Waals surface area contributed by atoms with Crippen molar-refractivity contribution in [3.05, 3.63) is 57.9 Å². The van der Waals surface area contributed by atoms with Crippen molar-refractivity contribution in [2.75, 3.05) is 26.5 Å². The van der Waals surface area contributed by atoms with E-state index in [1.54, 1.807) is 31.2 Å². The van der Waals surface area contributed by atoms with E-state index in [0.29, 0.717) is 24.5 Å². The summed E-state index contributed by atoms with van der Waals surface area (Å²) in [6.45, 7) is 3.80. The van der Waals surface area contributed by atoms with Crippen LogP contribution in [0.25, 0.3) is 11.0 Å². The number of fused-ring (bicyclic) bond motifs is 3. The van der Waals surface area contributed by atoms with Crippen molar-refractivity contribution in [1.82, 2.24) is 4.90 Å². The molecule has 35 heavy (non-hydrogen) atoms. The van der Waals surface area contributed by atoms with Gasteiger partial charge in [0.05, 0.1) is 23.7 Å². The van der Waals surface area contributed by atoms with Gasteiger partial charge >= 0.3 is 6.18 Å². The first-order valence-corrected chi connectivity index (χ1v) is 11.4. The Morgan fingerprint density at radius 2 is 1.94 bits per heavy atom. The van der Waals surface area contributed by atoms with E-state index in [4.69, 9.17) is 23.4 Å². The fourth-order valence-corrected chi connectivity index (χ4v) is 4.39. The predicted octanol–water partition coefficient (Wildman–Crippen LogP) is 5.33. The van der Waals surface area contributed by atoms with Crippen molar-refractivity contribution in [1.29, 1.82) is 0 Å². The quantitative estimate of drug-likeness (QED) is 0.461. The Hall–Kier alpha value is -3.24. The topological polar surface area (TPSA) is 70.4 Å². The van der Waals surface area contributed by atoms with Crippen LogP contribution >= 0.6 is 0 Å². The van der Waals surface area contributed by atoms with E-state index in [0.717, 1.165) is 12.8 Å². The van der Waals surface area contributed by atoms with Gasteiger partial charge in [-0.25, -0.2) is 0 Å². The first-order chi connectivity index (χ1) is 16.8. The highest BCUT2D eigenvalue weighted by atomic mass is 19.4. The highest BCUT2D eigenvalue weighted by Gasteiger charge is 2.41. The van der Waals surface area contributed by atoms with Crippen LogP contribution in [-0.4, -0.2) is 37.5 Å². The van der Waals surface area contributed by atoms with Crippen LogP contribution in [-0.2, 0) is 17.5 Å². The Labute approximate surface area is 198 Å². The number of hydrogen-bond donors (Lipinski definition) is 0. The molecule has 1 unspecified atom stereocenters. The fourth-order valence-electron chi connectivity index (χ4n) is 4.39. The van der Waals surface area contributed by atoms with Crippen molar-refractivity contribution >= 4 is 11.0 Å². The maximum Gasteiger partial charge on any atom is 0.453 e. The van der Waals surface area contributed by atoms with Crippen molar-refractivity contribution in [2.45, 2.75) is 38.6 Å². The van der Waals surface area contributed by atoms with Crippen LogP contribution in [0.2, 0.25) is 0 Å². The third kappa shape index (κ3) is 4.68. The lowest BCUT2D eigenvalue weighted by atomic mass is 10.1. The number of alkyl halides is 3. The highest BCUT2D eigenvalue weighted by molar-refractivity contribution is 5.84. The molecule has 0 N–H and O–H groups in total. The van der Waals surface area contributed by atoms with Crippen LogP contribution in [0, 0.1) is 0 Å². The molecule has 0 spiro atoms. The molecule has 3 heterocycles. The van der Waals surface area contributed by atoms with Gasteiger partial charge in [0.25, 0.3) is 5.76 Å². The third-order valence-corrected chi connectivity index (χ3v) is 5.97. The first kappa shape index (κ1) is 23.5. The summed E-state index contributed by atoms with van der Waals surface area (Å²) < 4.78 is 70.0. The smallest absolute Gasteiger partial charge is 0.453 e. The minimum atomic E-state index is -4.97. The van der Waals surface area contributed by atoms with Crippen LogP contribution in [0.4, 0.5) is 13.2 Å². The number of nitrogens with zero attached hydrogens (tertiary/aromatic N) is 1. The van der Waals surface area contributed by atoms with Gasteiger partial charge in [0, 0.05) is 19.7 Å².